The molecule has 14 nitrogen and oxygen atoms in total. The molecule has 5 rings (SSSR count). The van der Waals surface area contributed by atoms with E-state index in [1.54, 1.807) is 28.9 Å². The second kappa shape index (κ2) is 13.6. The number of nitrogens with one attached hydrogen (secondary N) is 2. The summed E-state index contributed by atoms with van der Waals surface area (Å²) in [4.78, 5) is 71.4. The van der Waals surface area contributed by atoms with Crippen molar-refractivity contribution in [2.75, 3.05) is 26.2 Å². The van der Waals surface area contributed by atoms with E-state index in [0.29, 0.717) is 29.5 Å². The number of carbonyl (C=O) groups excluding carboxylic acids is 3. The molecule has 0 spiro atoms. The fraction of sp³-hybridized carbons (Fsp3) is 0.344. The topological polar surface area (TPSA) is 162 Å². The predicted molar refractivity (Wildman–Crippen MR) is 168 cm³/mol. The van der Waals surface area contributed by atoms with Crippen LogP contribution in [0.5, 0.6) is 5.75 Å². The molecule has 46 heavy (non-hydrogen) atoms. The number of fused-ring (bicyclic) bond motifs is 3. The summed E-state index contributed by atoms with van der Waals surface area (Å²) < 4.78 is 9.61. The van der Waals surface area contributed by atoms with Crippen LogP contribution in [0.2, 0.25) is 0 Å². The SMILES string of the molecule is CC(C)[C@@H]1NC(=O)CN(C(=O)c2cc(=O)n(C)c(=O)n2C)CCNC(=O)c2cccc(c2)OCCn2nc(-c3ccccc3)nc21. The first kappa shape index (κ1) is 31.9. The average Bonchev–Trinajstić information content (AvgIpc) is 3.47. The van der Waals surface area contributed by atoms with Gasteiger partial charge in [-0.1, -0.05) is 50.2 Å². The molecule has 0 saturated carbocycles. The summed E-state index contributed by atoms with van der Waals surface area (Å²) in [5, 5.41) is 10.5. The molecule has 1 aliphatic heterocycles. The second-order valence-electron chi connectivity index (χ2n) is 11.3. The molecule has 0 saturated heterocycles. The summed E-state index contributed by atoms with van der Waals surface area (Å²) in [6.45, 7) is 3.87. The number of ether oxygens (including phenoxy) is 1. The molecule has 0 aliphatic carbocycles. The van der Waals surface area contributed by atoms with Gasteiger partial charge in [0.05, 0.1) is 19.1 Å². The standard InChI is InChI=1S/C32H36N8O6/c1-20(2)27-29-35-28(21-9-6-5-7-10-21)36-40(29)15-16-46-23-12-8-11-22(17-23)30(43)33-13-14-39(19-25(41)34-27)31(44)24-18-26(42)38(4)32(45)37(24)3/h5-12,17-18,20,27H,13-16,19H2,1-4H3,(H,33,43)(H,34,41)/t27-/m0/s1. The van der Waals surface area contributed by atoms with Gasteiger partial charge in [0.2, 0.25) is 5.91 Å². The van der Waals surface area contributed by atoms with Crippen molar-refractivity contribution in [3.8, 4) is 17.1 Å². The Labute approximate surface area is 264 Å². The van der Waals surface area contributed by atoms with Crippen LogP contribution in [0.3, 0.4) is 0 Å². The van der Waals surface area contributed by atoms with Gasteiger partial charge >= 0.3 is 5.69 Å². The van der Waals surface area contributed by atoms with E-state index in [1.165, 1.54) is 19.0 Å². The summed E-state index contributed by atoms with van der Waals surface area (Å²) in [5.41, 5.74) is -0.385. The molecule has 1 aliphatic rings. The normalized spacial score (nSPS) is 16.2. The van der Waals surface area contributed by atoms with Crippen LogP contribution < -0.4 is 26.6 Å². The second-order valence-corrected chi connectivity index (χ2v) is 11.3. The smallest absolute Gasteiger partial charge is 0.331 e. The zero-order chi connectivity index (χ0) is 33.0. The molecule has 0 fully saturated rings. The van der Waals surface area contributed by atoms with Gasteiger partial charge in [0, 0.05) is 44.4 Å². The van der Waals surface area contributed by atoms with Gasteiger partial charge in [-0.3, -0.25) is 28.3 Å². The lowest BCUT2D eigenvalue weighted by Gasteiger charge is -2.26. The van der Waals surface area contributed by atoms with Gasteiger partial charge in [-0.25, -0.2) is 14.5 Å². The Kier molecular flexibility index (Phi) is 9.45. The monoisotopic (exact) mass is 628 g/mol. The van der Waals surface area contributed by atoms with Gasteiger partial charge in [0.1, 0.15) is 18.1 Å². The fourth-order valence-corrected chi connectivity index (χ4v) is 5.12. The fourth-order valence-electron chi connectivity index (χ4n) is 5.12. The molecule has 0 radical (unpaired) electrons. The van der Waals surface area contributed by atoms with Crippen LogP contribution in [0.25, 0.3) is 11.4 Å². The summed E-state index contributed by atoms with van der Waals surface area (Å²) in [7, 11) is 2.68. The number of hydrogen-bond acceptors (Lipinski definition) is 8. The number of carbonyl (C=O) groups is 3. The third kappa shape index (κ3) is 6.90. The molecule has 2 bridgehead atoms. The first-order chi connectivity index (χ1) is 22.0. The van der Waals surface area contributed by atoms with E-state index in [0.717, 1.165) is 20.8 Å². The third-order valence-corrected chi connectivity index (χ3v) is 7.70. The number of benzene rings is 2. The molecular weight excluding hydrogens is 592 g/mol. The molecule has 3 heterocycles. The lowest BCUT2D eigenvalue weighted by Crippen LogP contribution is -2.48. The molecule has 1 atom stereocenters. The summed E-state index contributed by atoms with van der Waals surface area (Å²) in [6, 6.07) is 16.6. The van der Waals surface area contributed by atoms with Crippen molar-refractivity contribution in [1.82, 2.24) is 39.4 Å². The van der Waals surface area contributed by atoms with E-state index in [4.69, 9.17) is 14.8 Å². The van der Waals surface area contributed by atoms with Crippen molar-refractivity contribution in [2.24, 2.45) is 20.0 Å². The highest BCUT2D eigenvalue weighted by atomic mass is 16.5. The van der Waals surface area contributed by atoms with Crippen LogP contribution in [-0.4, -0.2) is 72.8 Å². The van der Waals surface area contributed by atoms with Crippen molar-refractivity contribution in [1.29, 1.82) is 0 Å². The lowest BCUT2D eigenvalue weighted by atomic mass is 10.0. The van der Waals surface area contributed by atoms with Gasteiger partial charge in [-0.15, -0.1) is 0 Å². The largest absolute Gasteiger partial charge is 0.492 e. The predicted octanol–water partition coefficient (Wildman–Crippen LogP) is 1.12. The van der Waals surface area contributed by atoms with Crippen LogP contribution >= 0.6 is 0 Å². The molecule has 2 N–H and O–H groups in total. The highest BCUT2D eigenvalue weighted by Crippen LogP contribution is 2.24. The molecule has 2 aromatic carbocycles. The third-order valence-electron chi connectivity index (χ3n) is 7.70. The van der Waals surface area contributed by atoms with E-state index in [-0.39, 0.29) is 31.3 Å². The summed E-state index contributed by atoms with van der Waals surface area (Å²) in [5.74, 6) is -0.283. The average molecular weight is 629 g/mol. The minimum absolute atomic E-state index is 0.00982. The minimum Gasteiger partial charge on any atom is -0.492 e. The molecule has 240 valence electrons. The molecule has 3 amide bonds. The Morgan fingerprint density at radius 3 is 2.41 bits per heavy atom. The number of hydrogen-bond donors (Lipinski definition) is 2. The highest BCUT2D eigenvalue weighted by Gasteiger charge is 2.28. The van der Waals surface area contributed by atoms with Crippen LogP contribution in [-0.2, 0) is 25.4 Å². The molecule has 0 unspecified atom stereocenters. The van der Waals surface area contributed by atoms with E-state index in [1.807, 2.05) is 44.2 Å². The van der Waals surface area contributed by atoms with E-state index >= 15 is 0 Å². The van der Waals surface area contributed by atoms with E-state index in [9.17, 15) is 24.0 Å². The maximum atomic E-state index is 13.7. The van der Waals surface area contributed by atoms with Gasteiger partial charge < -0.3 is 20.3 Å². The lowest BCUT2D eigenvalue weighted by molar-refractivity contribution is -0.123. The van der Waals surface area contributed by atoms with Gasteiger partial charge in [0.25, 0.3) is 17.4 Å². The number of rotatable bonds is 3. The Morgan fingerprint density at radius 1 is 0.935 bits per heavy atom. The Hall–Kier alpha value is -5.53. The van der Waals surface area contributed by atoms with Crippen LogP contribution in [0, 0.1) is 5.92 Å². The van der Waals surface area contributed by atoms with Crippen molar-refractivity contribution in [3.63, 3.8) is 0 Å². The summed E-state index contributed by atoms with van der Waals surface area (Å²) >= 11 is 0. The molecule has 2 aromatic heterocycles. The Bertz CT molecular complexity index is 1880. The zero-order valence-corrected chi connectivity index (χ0v) is 26.1. The van der Waals surface area contributed by atoms with Gasteiger partial charge in [-0.05, 0) is 24.1 Å². The first-order valence-corrected chi connectivity index (χ1v) is 14.9. The zero-order valence-electron chi connectivity index (χ0n) is 26.1. The summed E-state index contributed by atoms with van der Waals surface area (Å²) in [6.07, 6.45) is 0. The molecular formula is C32H36N8O6. The quantitative estimate of drug-likeness (QED) is 0.341. The van der Waals surface area contributed by atoms with Gasteiger partial charge in [0.15, 0.2) is 11.6 Å². The first-order valence-electron chi connectivity index (χ1n) is 14.9. The maximum absolute atomic E-state index is 13.7. The number of amides is 3. The van der Waals surface area contributed by atoms with Crippen LogP contribution in [0.15, 0.2) is 70.3 Å². The minimum atomic E-state index is -0.717. The number of nitrogens with zero attached hydrogens (tertiary/aromatic N) is 6. The molecule has 4 aromatic rings. The Balaban J connectivity index is 1.54. The van der Waals surface area contributed by atoms with E-state index < -0.39 is 41.6 Å². The maximum Gasteiger partial charge on any atom is 0.331 e. The van der Waals surface area contributed by atoms with E-state index in [2.05, 4.69) is 10.6 Å². The van der Waals surface area contributed by atoms with Crippen LogP contribution in [0.1, 0.15) is 46.6 Å². The molecule has 14 heteroatoms. The van der Waals surface area contributed by atoms with Crippen molar-refractivity contribution in [2.45, 2.75) is 26.4 Å². The number of aromatic nitrogens is 5. The van der Waals surface area contributed by atoms with Crippen molar-refractivity contribution < 1.29 is 19.1 Å². The Morgan fingerprint density at radius 2 is 1.67 bits per heavy atom. The van der Waals surface area contributed by atoms with Crippen molar-refractivity contribution >= 4 is 17.7 Å². The van der Waals surface area contributed by atoms with Crippen molar-refractivity contribution in [3.05, 3.63) is 98.6 Å². The van der Waals surface area contributed by atoms with Crippen LogP contribution in [0.4, 0.5) is 0 Å². The highest BCUT2D eigenvalue weighted by molar-refractivity contribution is 5.96. The van der Waals surface area contributed by atoms with Gasteiger partial charge in [-0.2, -0.15) is 5.10 Å².